The zero-order chi connectivity index (χ0) is 24.6. The summed E-state index contributed by atoms with van der Waals surface area (Å²) in [5, 5.41) is 4.71. The summed E-state index contributed by atoms with van der Waals surface area (Å²) in [6.45, 7) is 5.33. The number of nitrogens with one attached hydrogen (secondary N) is 2. The smallest absolute Gasteiger partial charge is 0.270 e. The van der Waals surface area contributed by atoms with Crippen LogP contribution in [0.2, 0.25) is 5.02 Å². The molecule has 8 nitrogen and oxygen atoms in total. The van der Waals surface area contributed by atoms with Crippen molar-refractivity contribution < 1.29 is 19.1 Å². The Morgan fingerprint density at radius 3 is 2.69 bits per heavy atom. The van der Waals surface area contributed by atoms with Gasteiger partial charge in [0.05, 0.1) is 24.4 Å². The number of piperidine rings is 1. The maximum absolute atomic E-state index is 13.4. The van der Waals surface area contributed by atoms with E-state index in [-0.39, 0.29) is 11.8 Å². The third kappa shape index (κ3) is 4.45. The van der Waals surface area contributed by atoms with Gasteiger partial charge in [-0.3, -0.25) is 14.5 Å². The largest absolute Gasteiger partial charge is 0.461 e. The Morgan fingerprint density at radius 1 is 1.11 bits per heavy atom. The predicted octanol–water partition coefficient (Wildman–Crippen LogP) is 4.00. The first kappa shape index (κ1) is 23.3. The summed E-state index contributed by atoms with van der Waals surface area (Å²) in [7, 11) is 0. The number of anilines is 1. The van der Waals surface area contributed by atoms with Gasteiger partial charge in [0.1, 0.15) is 11.4 Å². The number of likely N-dealkylation sites (tertiary alicyclic amines) is 1. The minimum atomic E-state index is -0.633. The monoisotopic (exact) mass is 508 g/mol. The van der Waals surface area contributed by atoms with Crippen molar-refractivity contribution in [1.82, 2.24) is 14.8 Å². The molecule has 3 aliphatic heterocycles. The van der Waals surface area contributed by atoms with E-state index in [4.69, 9.17) is 21.1 Å². The van der Waals surface area contributed by atoms with Crippen molar-refractivity contribution >= 4 is 40.4 Å². The zero-order valence-corrected chi connectivity index (χ0v) is 20.7. The van der Waals surface area contributed by atoms with Crippen molar-refractivity contribution in [2.75, 3.05) is 44.7 Å². The summed E-state index contributed by atoms with van der Waals surface area (Å²) < 4.78 is 11.3. The van der Waals surface area contributed by atoms with Crippen molar-refractivity contribution in [2.45, 2.75) is 31.5 Å². The second-order valence-corrected chi connectivity index (χ2v) is 10.1. The molecule has 1 unspecified atom stereocenters. The van der Waals surface area contributed by atoms with E-state index < -0.39 is 6.23 Å². The van der Waals surface area contributed by atoms with Gasteiger partial charge in [-0.25, -0.2) is 0 Å². The molecule has 2 aromatic carbocycles. The number of H-pyrrole nitrogens is 1. The number of carbonyl (C=O) groups excluding carboxylic acids is 2. The van der Waals surface area contributed by atoms with Crippen LogP contribution in [0.5, 0.6) is 5.75 Å². The number of amides is 1. The Morgan fingerprint density at radius 2 is 1.92 bits per heavy atom. The van der Waals surface area contributed by atoms with Gasteiger partial charge in [0.15, 0.2) is 6.29 Å². The fourth-order valence-electron chi connectivity index (χ4n) is 5.58. The Labute approximate surface area is 214 Å². The lowest BCUT2D eigenvalue weighted by atomic mass is 9.88. The number of fused-ring (bicyclic) bond motifs is 2. The molecule has 0 bridgehead atoms. The SMILES string of the molecule is O=CC1Nc2cccc(C3CCN(C(=O)c4cc5cc(Cl)cc(CN6CCOCC6)c5[nH]4)CC3)c2O1. The van der Waals surface area contributed by atoms with Crippen molar-refractivity contribution in [3.8, 4) is 5.75 Å². The number of ether oxygens (including phenoxy) is 2. The van der Waals surface area contributed by atoms with E-state index in [1.807, 2.05) is 35.2 Å². The van der Waals surface area contributed by atoms with Gasteiger partial charge in [-0.1, -0.05) is 23.7 Å². The lowest BCUT2D eigenvalue weighted by Crippen LogP contribution is -2.38. The third-order valence-electron chi connectivity index (χ3n) is 7.44. The molecule has 0 radical (unpaired) electrons. The van der Waals surface area contributed by atoms with E-state index in [1.165, 1.54) is 0 Å². The maximum atomic E-state index is 13.4. The highest BCUT2D eigenvalue weighted by Crippen LogP contribution is 2.42. The molecule has 1 aromatic heterocycles. The van der Waals surface area contributed by atoms with Gasteiger partial charge in [-0.15, -0.1) is 0 Å². The number of hydrogen-bond acceptors (Lipinski definition) is 6. The molecule has 2 fully saturated rings. The van der Waals surface area contributed by atoms with E-state index in [2.05, 4.69) is 21.3 Å². The number of carbonyl (C=O) groups is 2. The molecule has 0 spiro atoms. The van der Waals surface area contributed by atoms with Crippen LogP contribution >= 0.6 is 11.6 Å². The number of aromatic nitrogens is 1. The van der Waals surface area contributed by atoms with Crippen LogP contribution in [0.25, 0.3) is 10.9 Å². The third-order valence-corrected chi connectivity index (χ3v) is 7.65. The number of hydrogen-bond donors (Lipinski definition) is 2. The second-order valence-electron chi connectivity index (χ2n) is 9.71. The van der Waals surface area contributed by atoms with Crippen LogP contribution in [-0.4, -0.2) is 72.6 Å². The van der Waals surface area contributed by atoms with Crippen LogP contribution in [-0.2, 0) is 16.1 Å². The molecule has 36 heavy (non-hydrogen) atoms. The van der Waals surface area contributed by atoms with E-state index in [0.29, 0.717) is 23.8 Å². The Bertz CT molecular complexity index is 1290. The highest BCUT2D eigenvalue weighted by molar-refractivity contribution is 6.31. The Balaban J connectivity index is 1.16. The van der Waals surface area contributed by atoms with E-state index in [9.17, 15) is 9.59 Å². The van der Waals surface area contributed by atoms with Crippen molar-refractivity contribution in [3.05, 3.63) is 58.2 Å². The second kappa shape index (κ2) is 9.76. The molecule has 4 heterocycles. The predicted molar refractivity (Wildman–Crippen MR) is 138 cm³/mol. The normalized spacial score (nSPS) is 20.7. The summed E-state index contributed by atoms with van der Waals surface area (Å²) in [6, 6.07) is 11.8. The molecule has 188 valence electrons. The number of halogens is 1. The highest BCUT2D eigenvalue weighted by atomic mass is 35.5. The van der Waals surface area contributed by atoms with E-state index >= 15 is 0 Å². The van der Waals surface area contributed by atoms with Gasteiger partial charge in [-0.05, 0) is 54.2 Å². The molecular formula is C27H29ClN4O4. The van der Waals surface area contributed by atoms with E-state index in [1.54, 1.807) is 0 Å². The van der Waals surface area contributed by atoms with Crippen LogP contribution in [0.1, 0.15) is 40.4 Å². The first-order valence-electron chi connectivity index (χ1n) is 12.5. The molecule has 9 heteroatoms. The summed E-state index contributed by atoms with van der Waals surface area (Å²) >= 11 is 6.43. The van der Waals surface area contributed by atoms with E-state index in [0.717, 1.165) is 85.4 Å². The number of nitrogens with zero attached hydrogens (tertiary/aromatic N) is 2. The number of benzene rings is 2. The summed E-state index contributed by atoms with van der Waals surface area (Å²) in [4.78, 5) is 32.3. The average Bonchev–Trinajstić information content (AvgIpc) is 3.53. The summed E-state index contributed by atoms with van der Waals surface area (Å²) in [5.41, 5.74) is 4.61. The number of rotatable bonds is 5. The molecule has 3 aromatic rings. The van der Waals surface area contributed by atoms with Crippen molar-refractivity contribution in [2.24, 2.45) is 0 Å². The quantitative estimate of drug-likeness (QED) is 0.507. The molecule has 3 aliphatic rings. The summed E-state index contributed by atoms with van der Waals surface area (Å²) in [6.07, 6.45) is 1.81. The van der Waals surface area contributed by atoms with Gasteiger partial charge in [-0.2, -0.15) is 0 Å². The molecule has 1 atom stereocenters. The Kier molecular flexibility index (Phi) is 6.33. The lowest BCUT2D eigenvalue weighted by Gasteiger charge is -2.32. The van der Waals surface area contributed by atoms with Crippen LogP contribution < -0.4 is 10.1 Å². The fourth-order valence-corrected chi connectivity index (χ4v) is 5.83. The maximum Gasteiger partial charge on any atom is 0.270 e. The minimum absolute atomic E-state index is 0.00956. The number of aromatic amines is 1. The Hall–Kier alpha value is -3.07. The minimum Gasteiger partial charge on any atom is -0.461 e. The summed E-state index contributed by atoms with van der Waals surface area (Å²) in [5.74, 6) is 1.05. The van der Waals surface area contributed by atoms with Gasteiger partial charge in [0, 0.05) is 43.1 Å². The zero-order valence-electron chi connectivity index (χ0n) is 20.0. The van der Waals surface area contributed by atoms with Gasteiger partial charge in [0.2, 0.25) is 6.23 Å². The van der Waals surface area contributed by atoms with Gasteiger partial charge < -0.3 is 24.7 Å². The number of para-hydroxylation sites is 1. The van der Waals surface area contributed by atoms with Crippen molar-refractivity contribution in [1.29, 1.82) is 0 Å². The van der Waals surface area contributed by atoms with Gasteiger partial charge >= 0.3 is 0 Å². The molecule has 2 saturated heterocycles. The average molecular weight is 509 g/mol. The highest BCUT2D eigenvalue weighted by Gasteiger charge is 2.31. The fraction of sp³-hybridized carbons (Fsp3) is 0.407. The molecule has 0 aliphatic carbocycles. The first-order valence-corrected chi connectivity index (χ1v) is 12.9. The van der Waals surface area contributed by atoms with Crippen LogP contribution in [0.15, 0.2) is 36.4 Å². The number of morpholine rings is 1. The van der Waals surface area contributed by atoms with Crippen LogP contribution in [0, 0.1) is 0 Å². The molecule has 0 saturated carbocycles. The van der Waals surface area contributed by atoms with Gasteiger partial charge in [0.25, 0.3) is 5.91 Å². The molecule has 1 amide bonds. The van der Waals surface area contributed by atoms with Crippen molar-refractivity contribution in [3.63, 3.8) is 0 Å². The standard InChI is InChI=1S/C27H29ClN4O4/c28-20-12-18-14-23(30-25(18)19(13-20)15-31-8-10-35-11-9-31)27(34)32-6-4-17(5-7-32)21-2-1-3-22-26(21)36-24(16-33)29-22/h1-3,12-14,16-17,24,29-30H,4-11,15H2. The number of aldehydes is 1. The van der Waals surface area contributed by atoms with Crippen LogP contribution in [0.3, 0.4) is 0 Å². The molecule has 6 rings (SSSR count). The lowest BCUT2D eigenvalue weighted by molar-refractivity contribution is -0.112. The molecule has 2 N–H and O–H groups in total. The topological polar surface area (TPSA) is 86.9 Å². The first-order chi connectivity index (χ1) is 17.6. The molecular weight excluding hydrogens is 480 g/mol. The van der Waals surface area contributed by atoms with Crippen LogP contribution in [0.4, 0.5) is 5.69 Å².